The van der Waals surface area contributed by atoms with E-state index in [4.69, 9.17) is 9.47 Å². The SMILES string of the molecule is COc1ccc(OC)c2c1CCN1C(=O)[C@@H]3CCCN(C(=O)N[C@H](C)c4ccccc4)[C@@H]3C[C@@H]21. The number of methoxy groups -OCH3 is 2. The maximum atomic E-state index is 13.7. The highest BCUT2D eigenvalue weighted by Gasteiger charge is 2.49. The molecule has 2 aromatic rings. The summed E-state index contributed by atoms with van der Waals surface area (Å²) in [6.45, 7) is 3.33. The molecule has 3 heterocycles. The number of ether oxygens (including phenoxy) is 2. The lowest BCUT2D eigenvalue weighted by Gasteiger charge is -2.51. The second-order valence-electron chi connectivity index (χ2n) is 9.49. The standard InChI is InChI=1S/C27H33N3O4/c1-17(18-8-5-4-6-9-18)28-27(32)30-14-7-10-19-21(30)16-22-25-20(13-15-29(22)26(19)31)23(33-2)11-12-24(25)34-3/h4-6,8-9,11-12,17,19,21-22H,7,10,13-16H2,1-3H3,(H,28,32)/t17-,19-,21-,22+/m1/s1. The van der Waals surface area contributed by atoms with Gasteiger partial charge in [0, 0.05) is 30.3 Å². The minimum absolute atomic E-state index is 0.0963. The van der Waals surface area contributed by atoms with Crippen molar-refractivity contribution in [1.82, 2.24) is 15.1 Å². The molecule has 0 spiro atoms. The van der Waals surface area contributed by atoms with Gasteiger partial charge in [-0.25, -0.2) is 4.79 Å². The van der Waals surface area contributed by atoms with Crippen LogP contribution in [0.1, 0.15) is 55.0 Å². The van der Waals surface area contributed by atoms with Crippen molar-refractivity contribution in [3.05, 3.63) is 59.2 Å². The van der Waals surface area contributed by atoms with Crippen LogP contribution in [0, 0.1) is 5.92 Å². The van der Waals surface area contributed by atoms with E-state index in [0.29, 0.717) is 19.5 Å². The second kappa shape index (κ2) is 9.20. The quantitative estimate of drug-likeness (QED) is 0.742. The summed E-state index contributed by atoms with van der Waals surface area (Å²) in [6, 6.07) is 13.4. The van der Waals surface area contributed by atoms with E-state index in [-0.39, 0.29) is 36.0 Å². The molecule has 0 saturated carbocycles. The highest BCUT2D eigenvalue weighted by atomic mass is 16.5. The van der Waals surface area contributed by atoms with E-state index in [2.05, 4.69) is 5.32 Å². The zero-order valence-corrected chi connectivity index (χ0v) is 20.1. The van der Waals surface area contributed by atoms with E-state index < -0.39 is 0 Å². The fraction of sp³-hybridized carbons (Fsp3) is 0.481. The highest BCUT2D eigenvalue weighted by Crippen LogP contribution is 2.48. The van der Waals surface area contributed by atoms with Gasteiger partial charge in [-0.3, -0.25) is 4.79 Å². The summed E-state index contributed by atoms with van der Waals surface area (Å²) in [5.74, 6) is 1.62. The molecule has 0 radical (unpaired) electrons. The largest absolute Gasteiger partial charge is 0.496 e. The van der Waals surface area contributed by atoms with E-state index in [1.165, 1.54) is 0 Å². The van der Waals surface area contributed by atoms with Crippen LogP contribution in [0.4, 0.5) is 4.79 Å². The maximum absolute atomic E-state index is 13.7. The van der Waals surface area contributed by atoms with Crippen molar-refractivity contribution in [2.45, 2.75) is 50.7 Å². The van der Waals surface area contributed by atoms with E-state index in [1.54, 1.807) is 14.2 Å². The van der Waals surface area contributed by atoms with E-state index in [9.17, 15) is 9.59 Å². The van der Waals surface area contributed by atoms with Crippen LogP contribution < -0.4 is 14.8 Å². The number of hydrogen-bond acceptors (Lipinski definition) is 4. The fourth-order valence-electron chi connectivity index (χ4n) is 6.09. The van der Waals surface area contributed by atoms with Crippen molar-refractivity contribution in [2.24, 2.45) is 5.92 Å². The van der Waals surface area contributed by atoms with Gasteiger partial charge >= 0.3 is 6.03 Å². The number of nitrogens with zero attached hydrogens (tertiary/aromatic N) is 2. The molecule has 2 fully saturated rings. The van der Waals surface area contributed by atoms with Gasteiger partial charge in [0.1, 0.15) is 11.5 Å². The molecule has 3 aliphatic heterocycles. The Balaban J connectivity index is 1.44. The summed E-state index contributed by atoms with van der Waals surface area (Å²) in [7, 11) is 3.34. The second-order valence-corrected chi connectivity index (χ2v) is 9.49. The fourth-order valence-corrected chi connectivity index (χ4v) is 6.09. The Labute approximate surface area is 201 Å². The number of nitrogens with one attached hydrogen (secondary N) is 1. The van der Waals surface area contributed by atoms with E-state index in [0.717, 1.165) is 47.5 Å². The van der Waals surface area contributed by atoms with Crippen LogP contribution in [0.25, 0.3) is 0 Å². The summed E-state index contributed by atoms with van der Waals surface area (Å²) < 4.78 is 11.4. The molecule has 0 bridgehead atoms. The van der Waals surface area contributed by atoms with Gasteiger partial charge in [0.05, 0.1) is 32.2 Å². The zero-order chi connectivity index (χ0) is 23.8. The van der Waals surface area contributed by atoms with Crippen molar-refractivity contribution in [2.75, 3.05) is 27.3 Å². The van der Waals surface area contributed by atoms with Crippen molar-refractivity contribution in [3.8, 4) is 11.5 Å². The van der Waals surface area contributed by atoms with Crippen LogP contribution in [-0.2, 0) is 11.2 Å². The Bertz CT molecular complexity index is 1070. The molecule has 0 aromatic heterocycles. The third-order valence-electron chi connectivity index (χ3n) is 7.77. The lowest BCUT2D eigenvalue weighted by molar-refractivity contribution is -0.148. The molecule has 7 nitrogen and oxygen atoms in total. The molecule has 0 aliphatic carbocycles. The average molecular weight is 464 g/mol. The van der Waals surface area contributed by atoms with Gasteiger partial charge in [0.25, 0.3) is 0 Å². The highest BCUT2D eigenvalue weighted by molar-refractivity contribution is 5.84. The van der Waals surface area contributed by atoms with Gasteiger partial charge in [-0.1, -0.05) is 30.3 Å². The molecule has 34 heavy (non-hydrogen) atoms. The number of hydrogen-bond donors (Lipinski definition) is 1. The van der Waals surface area contributed by atoms with Gasteiger partial charge in [-0.15, -0.1) is 0 Å². The third-order valence-corrected chi connectivity index (χ3v) is 7.77. The van der Waals surface area contributed by atoms with Gasteiger partial charge in [-0.2, -0.15) is 0 Å². The summed E-state index contributed by atoms with van der Waals surface area (Å²) >= 11 is 0. The smallest absolute Gasteiger partial charge is 0.318 e. The maximum Gasteiger partial charge on any atom is 0.318 e. The Morgan fingerprint density at radius 3 is 2.53 bits per heavy atom. The third kappa shape index (κ3) is 3.77. The first-order valence-corrected chi connectivity index (χ1v) is 12.2. The molecule has 1 N–H and O–H groups in total. The van der Waals surface area contributed by atoms with Crippen molar-refractivity contribution in [1.29, 1.82) is 0 Å². The number of carbonyl (C=O) groups excluding carboxylic acids is 2. The van der Waals surface area contributed by atoms with Crippen LogP contribution in [0.3, 0.4) is 0 Å². The molecule has 2 saturated heterocycles. The number of benzene rings is 2. The lowest BCUT2D eigenvalue weighted by Crippen LogP contribution is -2.61. The van der Waals surface area contributed by atoms with Crippen LogP contribution >= 0.6 is 0 Å². The number of urea groups is 1. The topological polar surface area (TPSA) is 71.1 Å². The predicted octanol–water partition coefficient (Wildman–Crippen LogP) is 4.08. The van der Waals surface area contributed by atoms with E-state index >= 15 is 0 Å². The van der Waals surface area contributed by atoms with Gasteiger partial charge in [0.2, 0.25) is 5.91 Å². The summed E-state index contributed by atoms with van der Waals surface area (Å²) in [4.78, 5) is 31.0. The monoisotopic (exact) mass is 463 g/mol. The van der Waals surface area contributed by atoms with Crippen molar-refractivity contribution < 1.29 is 19.1 Å². The Kier molecular flexibility index (Phi) is 6.11. The number of carbonyl (C=O) groups is 2. The molecule has 7 heteroatoms. The summed E-state index contributed by atoms with van der Waals surface area (Å²) in [6.07, 6.45) is 3.12. The Hall–Kier alpha value is -3.22. The minimum Gasteiger partial charge on any atom is -0.496 e. The molecule has 3 aliphatic rings. The molecule has 0 unspecified atom stereocenters. The minimum atomic E-state index is -0.152. The lowest BCUT2D eigenvalue weighted by atomic mass is 9.75. The summed E-state index contributed by atoms with van der Waals surface area (Å²) in [5.41, 5.74) is 3.20. The first kappa shape index (κ1) is 22.6. The zero-order valence-electron chi connectivity index (χ0n) is 20.1. The Morgan fingerprint density at radius 2 is 1.79 bits per heavy atom. The van der Waals surface area contributed by atoms with Crippen LogP contribution in [-0.4, -0.2) is 55.1 Å². The van der Waals surface area contributed by atoms with E-state index in [1.807, 2.05) is 59.2 Å². The molecule has 5 rings (SSSR count). The summed E-state index contributed by atoms with van der Waals surface area (Å²) in [5, 5.41) is 3.16. The molecule has 2 aromatic carbocycles. The number of amides is 3. The molecule has 180 valence electrons. The van der Waals surface area contributed by atoms with Crippen molar-refractivity contribution >= 4 is 11.9 Å². The molecular formula is C27H33N3O4. The predicted molar refractivity (Wildman–Crippen MR) is 129 cm³/mol. The number of likely N-dealkylation sites (tertiary alicyclic amines) is 1. The van der Waals surface area contributed by atoms with Crippen LogP contribution in [0.15, 0.2) is 42.5 Å². The molecular weight excluding hydrogens is 430 g/mol. The number of piperidine rings is 2. The molecule has 4 atom stereocenters. The number of rotatable bonds is 4. The normalized spacial score (nSPS) is 24.4. The Morgan fingerprint density at radius 1 is 1.06 bits per heavy atom. The first-order valence-electron chi connectivity index (χ1n) is 12.2. The van der Waals surface area contributed by atoms with Gasteiger partial charge in [-0.05, 0) is 50.3 Å². The van der Waals surface area contributed by atoms with Crippen molar-refractivity contribution in [3.63, 3.8) is 0 Å². The van der Waals surface area contributed by atoms with Gasteiger partial charge < -0.3 is 24.6 Å². The van der Waals surface area contributed by atoms with Crippen LogP contribution in [0.2, 0.25) is 0 Å². The number of fused-ring (bicyclic) bond motifs is 4. The molecule has 3 amide bonds. The van der Waals surface area contributed by atoms with Crippen LogP contribution in [0.5, 0.6) is 11.5 Å². The van der Waals surface area contributed by atoms with Gasteiger partial charge in [0.15, 0.2) is 0 Å². The average Bonchev–Trinajstić information content (AvgIpc) is 2.88. The first-order chi connectivity index (χ1) is 16.5.